The number of carbonyl (C=O) groups is 1. The molecule has 16 heavy (non-hydrogen) atoms. The largest absolute Gasteiger partial charge is 0.383 e. The molecule has 0 spiro atoms. The van der Waals surface area contributed by atoms with Gasteiger partial charge in [0.1, 0.15) is 22.4 Å². The van der Waals surface area contributed by atoms with Gasteiger partial charge in [0, 0.05) is 13.1 Å². The second-order valence-corrected chi connectivity index (χ2v) is 4.31. The molecule has 6 nitrogen and oxygen atoms in total. The lowest BCUT2D eigenvalue weighted by Gasteiger charge is -2.21. The molecule has 0 bridgehead atoms. The molecule has 0 aromatic carbocycles. The van der Waals surface area contributed by atoms with Crippen LogP contribution in [0.5, 0.6) is 0 Å². The fourth-order valence-corrected chi connectivity index (χ4v) is 2.04. The molecular weight excluding hydrogens is 274 g/mol. The Kier molecular flexibility index (Phi) is 3.23. The van der Waals surface area contributed by atoms with Crippen LogP contribution >= 0.6 is 15.9 Å². The van der Waals surface area contributed by atoms with E-state index in [9.17, 15) is 4.79 Å². The molecule has 1 saturated heterocycles. The third-order valence-corrected chi connectivity index (χ3v) is 3.12. The maximum Gasteiger partial charge on any atom is 0.239 e. The smallest absolute Gasteiger partial charge is 0.239 e. The van der Waals surface area contributed by atoms with Crippen LogP contribution in [-0.4, -0.2) is 35.5 Å². The normalized spacial score (nSPS) is 16.8. The third kappa shape index (κ3) is 2.24. The zero-order valence-electron chi connectivity index (χ0n) is 8.61. The Morgan fingerprint density at radius 2 is 2.31 bits per heavy atom. The van der Waals surface area contributed by atoms with Gasteiger partial charge in [-0.05, 0) is 22.4 Å². The number of halogens is 1. The molecule has 0 radical (unpaired) electrons. The number of nitrogen functional groups attached to an aromatic ring is 1. The summed E-state index contributed by atoms with van der Waals surface area (Å²) < 4.78 is 0.643. The van der Waals surface area contributed by atoms with E-state index in [2.05, 4.69) is 31.2 Å². The van der Waals surface area contributed by atoms with E-state index in [0.717, 1.165) is 13.0 Å². The van der Waals surface area contributed by atoms with Crippen LogP contribution in [0, 0.1) is 0 Å². The van der Waals surface area contributed by atoms with Gasteiger partial charge in [-0.3, -0.25) is 4.79 Å². The van der Waals surface area contributed by atoms with Crippen molar-refractivity contribution in [3.05, 3.63) is 10.8 Å². The molecule has 2 rings (SSSR count). The minimum absolute atomic E-state index is 0.00147. The zero-order chi connectivity index (χ0) is 11.5. The summed E-state index contributed by atoms with van der Waals surface area (Å²) in [5.74, 6) is 1.06. The van der Waals surface area contributed by atoms with Crippen molar-refractivity contribution >= 4 is 33.5 Å². The number of nitrogens with two attached hydrogens (primary N) is 1. The Morgan fingerprint density at radius 3 is 3.12 bits per heavy atom. The minimum Gasteiger partial charge on any atom is -0.383 e. The maximum absolute atomic E-state index is 11.4. The molecule has 3 N–H and O–H groups in total. The monoisotopic (exact) mass is 285 g/mol. The van der Waals surface area contributed by atoms with Gasteiger partial charge in [-0.2, -0.15) is 0 Å². The van der Waals surface area contributed by atoms with E-state index in [0.29, 0.717) is 29.2 Å². The molecule has 0 unspecified atom stereocenters. The van der Waals surface area contributed by atoms with Crippen molar-refractivity contribution in [2.45, 2.75) is 6.42 Å². The number of aromatic nitrogens is 2. The van der Waals surface area contributed by atoms with Gasteiger partial charge in [-0.25, -0.2) is 9.97 Å². The summed E-state index contributed by atoms with van der Waals surface area (Å²) >= 11 is 3.34. The SMILES string of the molecule is Nc1ncnc(N2CCCNC(=O)C2)c1Br. The van der Waals surface area contributed by atoms with E-state index in [1.54, 1.807) is 0 Å². The van der Waals surface area contributed by atoms with Gasteiger partial charge >= 0.3 is 0 Å². The second kappa shape index (κ2) is 4.65. The van der Waals surface area contributed by atoms with Gasteiger partial charge in [0.25, 0.3) is 0 Å². The summed E-state index contributed by atoms with van der Waals surface area (Å²) in [5, 5.41) is 2.81. The summed E-state index contributed by atoms with van der Waals surface area (Å²) in [5.41, 5.74) is 5.68. The van der Waals surface area contributed by atoms with Gasteiger partial charge < -0.3 is 16.0 Å². The topological polar surface area (TPSA) is 84.1 Å². The van der Waals surface area contributed by atoms with E-state index in [4.69, 9.17) is 5.73 Å². The van der Waals surface area contributed by atoms with Crippen molar-refractivity contribution in [3.63, 3.8) is 0 Å². The Morgan fingerprint density at radius 1 is 1.50 bits per heavy atom. The number of rotatable bonds is 1. The Bertz CT molecular complexity index is 411. The lowest BCUT2D eigenvalue weighted by molar-refractivity contribution is -0.119. The van der Waals surface area contributed by atoms with E-state index in [1.165, 1.54) is 6.33 Å². The highest BCUT2D eigenvalue weighted by atomic mass is 79.9. The quantitative estimate of drug-likeness (QED) is 0.767. The van der Waals surface area contributed by atoms with Crippen molar-refractivity contribution in [2.24, 2.45) is 0 Å². The lowest BCUT2D eigenvalue weighted by Crippen LogP contribution is -2.33. The van der Waals surface area contributed by atoms with E-state index in [1.807, 2.05) is 4.90 Å². The maximum atomic E-state index is 11.4. The number of nitrogens with one attached hydrogen (secondary N) is 1. The first-order valence-corrected chi connectivity index (χ1v) is 5.75. The summed E-state index contributed by atoms with van der Waals surface area (Å²) in [6.07, 6.45) is 2.29. The number of hydrogen-bond donors (Lipinski definition) is 2. The van der Waals surface area contributed by atoms with Gasteiger partial charge in [-0.15, -0.1) is 0 Å². The van der Waals surface area contributed by atoms with Crippen molar-refractivity contribution in [1.82, 2.24) is 15.3 Å². The van der Waals surface area contributed by atoms with Crippen LogP contribution in [0.3, 0.4) is 0 Å². The van der Waals surface area contributed by atoms with E-state index >= 15 is 0 Å². The zero-order valence-corrected chi connectivity index (χ0v) is 10.2. The summed E-state index contributed by atoms with van der Waals surface area (Å²) in [4.78, 5) is 21.3. The van der Waals surface area contributed by atoms with Crippen LogP contribution in [0.15, 0.2) is 10.8 Å². The average Bonchev–Trinajstić information content (AvgIpc) is 2.47. The van der Waals surface area contributed by atoms with E-state index in [-0.39, 0.29) is 5.91 Å². The van der Waals surface area contributed by atoms with Crippen LogP contribution in [-0.2, 0) is 4.79 Å². The summed E-state index contributed by atoms with van der Waals surface area (Å²) in [6.45, 7) is 1.77. The average molecular weight is 286 g/mol. The minimum atomic E-state index is 0.00147. The van der Waals surface area contributed by atoms with Crippen LogP contribution in [0.1, 0.15) is 6.42 Å². The lowest BCUT2D eigenvalue weighted by atomic mass is 10.4. The third-order valence-electron chi connectivity index (χ3n) is 2.36. The molecule has 1 amide bonds. The highest BCUT2D eigenvalue weighted by Crippen LogP contribution is 2.27. The Hall–Kier alpha value is -1.37. The summed E-state index contributed by atoms with van der Waals surface area (Å²) in [7, 11) is 0. The Labute approximate surface area is 101 Å². The fraction of sp³-hybridized carbons (Fsp3) is 0.444. The predicted octanol–water partition coefficient (Wildman–Crippen LogP) is 0.148. The molecule has 0 atom stereocenters. The predicted molar refractivity (Wildman–Crippen MR) is 64.0 cm³/mol. The fourth-order valence-electron chi connectivity index (χ4n) is 1.58. The molecule has 7 heteroatoms. The van der Waals surface area contributed by atoms with Gasteiger partial charge in [0.05, 0.1) is 6.54 Å². The molecule has 2 heterocycles. The molecule has 0 saturated carbocycles. The number of hydrogen-bond acceptors (Lipinski definition) is 5. The second-order valence-electron chi connectivity index (χ2n) is 3.52. The van der Waals surface area contributed by atoms with E-state index < -0.39 is 0 Å². The first kappa shape index (κ1) is 11.1. The first-order chi connectivity index (χ1) is 7.68. The molecule has 1 aromatic heterocycles. The van der Waals surface area contributed by atoms with Gasteiger partial charge in [0.2, 0.25) is 5.91 Å². The van der Waals surface area contributed by atoms with Crippen LogP contribution in [0.4, 0.5) is 11.6 Å². The Balaban J connectivity index is 2.28. The van der Waals surface area contributed by atoms with Crippen LogP contribution in [0.25, 0.3) is 0 Å². The molecular formula is C9H12BrN5O. The van der Waals surface area contributed by atoms with Crippen molar-refractivity contribution in [1.29, 1.82) is 0 Å². The molecule has 1 aromatic rings. The summed E-state index contributed by atoms with van der Waals surface area (Å²) in [6, 6.07) is 0. The van der Waals surface area contributed by atoms with Crippen molar-refractivity contribution in [2.75, 3.05) is 30.3 Å². The standard InChI is InChI=1S/C9H12BrN5O/c10-7-8(11)13-5-14-9(7)15-3-1-2-12-6(16)4-15/h5H,1-4H2,(H,12,16)(H2,11,13,14). The number of carbonyl (C=O) groups excluding carboxylic acids is 1. The highest BCUT2D eigenvalue weighted by Gasteiger charge is 2.19. The molecule has 1 fully saturated rings. The van der Waals surface area contributed by atoms with Crippen LogP contribution < -0.4 is 16.0 Å². The first-order valence-electron chi connectivity index (χ1n) is 4.96. The molecule has 1 aliphatic heterocycles. The number of nitrogens with zero attached hydrogens (tertiary/aromatic N) is 3. The highest BCUT2D eigenvalue weighted by molar-refractivity contribution is 9.10. The van der Waals surface area contributed by atoms with Crippen molar-refractivity contribution < 1.29 is 4.79 Å². The number of anilines is 2. The van der Waals surface area contributed by atoms with Crippen molar-refractivity contribution in [3.8, 4) is 0 Å². The van der Waals surface area contributed by atoms with Gasteiger partial charge in [0.15, 0.2) is 0 Å². The van der Waals surface area contributed by atoms with Crippen LogP contribution in [0.2, 0.25) is 0 Å². The molecule has 0 aliphatic carbocycles. The van der Waals surface area contributed by atoms with Gasteiger partial charge in [-0.1, -0.05) is 0 Å². The molecule has 1 aliphatic rings. The number of amides is 1. The molecule has 86 valence electrons.